The van der Waals surface area contributed by atoms with Crippen LogP contribution >= 0.6 is 11.6 Å². The van der Waals surface area contributed by atoms with Crippen molar-refractivity contribution < 1.29 is 18.7 Å². The Morgan fingerprint density at radius 2 is 1.79 bits per heavy atom. The largest absolute Gasteiger partial charge is 0.494 e. The quantitative estimate of drug-likeness (QED) is 0.455. The Balaban J connectivity index is 1.48. The van der Waals surface area contributed by atoms with Gasteiger partial charge in [-0.2, -0.15) is 4.98 Å². The molecule has 0 aliphatic rings. The Hall–Kier alpha value is -2.77. The van der Waals surface area contributed by atoms with Crippen molar-refractivity contribution in [2.75, 3.05) is 34.4 Å². The van der Waals surface area contributed by atoms with Gasteiger partial charge in [0.15, 0.2) is 11.5 Å². The molecule has 0 fully saturated rings. The van der Waals surface area contributed by atoms with Crippen LogP contribution in [0.4, 0.5) is 0 Å². The lowest BCUT2D eigenvalue weighted by atomic mass is 10.2. The molecule has 7 nitrogen and oxygen atoms in total. The molecule has 0 aliphatic carbocycles. The highest BCUT2D eigenvalue weighted by atomic mass is 35.5. The van der Waals surface area contributed by atoms with Gasteiger partial charge >= 0.3 is 0 Å². The maximum absolute atomic E-state index is 5.87. The first-order valence-corrected chi connectivity index (χ1v) is 9.58. The molecule has 0 atom stereocenters. The standard InChI is InChI=1S/C21H24ClN3O4/c1-25(11-4-12-28-17-8-6-16(22)7-9-17)14-20-23-21(24-29-20)15-5-10-18(26-2)19(13-15)27-3/h5-10,13H,4,11-12,14H2,1-3H3. The smallest absolute Gasteiger partial charge is 0.241 e. The van der Waals surface area contributed by atoms with Gasteiger partial charge in [0.1, 0.15) is 5.75 Å². The highest BCUT2D eigenvalue weighted by Crippen LogP contribution is 2.31. The Bertz CT molecular complexity index is 915. The SMILES string of the molecule is COc1ccc(-c2noc(CN(C)CCCOc3ccc(Cl)cc3)n2)cc1OC. The molecule has 0 unspecified atom stereocenters. The third kappa shape index (κ3) is 5.85. The fourth-order valence-corrected chi connectivity index (χ4v) is 2.90. The Morgan fingerprint density at radius 1 is 1.03 bits per heavy atom. The van der Waals surface area contributed by atoms with Gasteiger partial charge in [-0.25, -0.2) is 0 Å². The van der Waals surface area contributed by atoms with Crippen molar-refractivity contribution in [2.45, 2.75) is 13.0 Å². The molecule has 2 aromatic carbocycles. The predicted octanol–water partition coefficient (Wildman–Crippen LogP) is 4.31. The van der Waals surface area contributed by atoms with E-state index in [-0.39, 0.29) is 0 Å². The summed E-state index contributed by atoms with van der Waals surface area (Å²) in [6.45, 7) is 2.01. The normalized spacial score (nSPS) is 10.9. The van der Waals surface area contributed by atoms with Crippen LogP contribution in [0.1, 0.15) is 12.3 Å². The van der Waals surface area contributed by atoms with E-state index in [0.717, 1.165) is 24.3 Å². The molecule has 154 valence electrons. The molecule has 1 heterocycles. The topological polar surface area (TPSA) is 69.9 Å². The molecule has 0 amide bonds. The Morgan fingerprint density at radius 3 is 2.52 bits per heavy atom. The summed E-state index contributed by atoms with van der Waals surface area (Å²) in [5.41, 5.74) is 0.802. The van der Waals surface area contributed by atoms with Gasteiger partial charge in [0.2, 0.25) is 11.7 Å². The van der Waals surface area contributed by atoms with E-state index in [1.54, 1.807) is 14.2 Å². The maximum atomic E-state index is 5.87. The van der Waals surface area contributed by atoms with Crippen molar-refractivity contribution in [3.8, 4) is 28.6 Å². The van der Waals surface area contributed by atoms with Crippen LogP contribution in [0.25, 0.3) is 11.4 Å². The fourth-order valence-electron chi connectivity index (χ4n) is 2.78. The van der Waals surface area contributed by atoms with E-state index >= 15 is 0 Å². The lowest BCUT2D eigenvalue weighted by Crippen LogP contribution is -2.21. The monoisotopic (exact) mass is 417 g/mol. The van der Waals surface area contributed by atoms with E-state index in [1.807, 2.05) is 49.5 Å². The number of nitrogens with zero attached hydrogens (tertiary/aromatic N) is 3. The first kappa shape index (κ1) is 21.0. The molecule has 0 N–H and O–H groups in total. The van der Waals surface area contributed by atoms with E-state index in [2.05, 4.69) is 15.0 Å². The molecule has 0 saturated carbocycles. The minimum Gasteiger partial charge on any atom is -0.494 e. The van der Waals surface area contributed by atoms with Crippen molar-refractivity contribution in [3.63, 3.8) is 0 Å². The molecule has 0 radical (unpaired) electrons. The number of hydrogen-bond donors (Lipinski definition) is 0. The number of aromatic nitrogens is 2. The van der Waals surface area contributed by atoms with Crippen molar-refractivity contribution in [3.05, 3.63) is 53.4 Å². The van der Waals surface area contributed by atoms with Crippen LogP contribution in [0.15, 0.2) is 47.0 Å². The van der Waals surface area contributed by atoms with Gasteiger partial charge in [-0.15, -0.1) is 0 Å². The minimum absolute atomic E-state index is 0.514. The molecule has 0 spiro atoms. The van der Waals surface area contributed by atoms with Crippen molar-refractivity contribution >= 4 is 11.6 Å². The number of hydrogen-bond acceptors (Lipinski definition) is 7. The summed E-state index contributed by atoms with van der Waals surface area (Å²) in [4.78, 5) is 6.58. The molecule has 3 aromatic rings. The van der Waals surface area contributed by atoms with Gasteiger partial charge in [0, 0.05) is 17.1 Å². The van der Waals surface area contributed by atoms with E-state index in [9.17, 15) is 0 Å². The van der Waals surface area contributed by atoms with Crippen LogP contribution in [0, 0.1) is 0 Å². The molecule has 1 aromatic heterocycles. The second kappa shape index (κ2) is 10.1. The molecular formula is C21H24ClN3O4. The molecule has 0 aliphatic heterocycles. The van der Waals surface area contributed by atoms with Gasteiger partial charge in [-0.3, -0.25) is 4.90 Å². The maximum Gasteiger partial charge on any atom is 0.241 e. The van der Waals surface area contributed by atoms with Gasteiger partial charge < -0.3 is 18.7 Å². The summed E-state index contributed by atoms with van der Waals surface area (Å²) < 4.78 is 21.7. The molecule has 29 heavy (non-hydrogen) atoms. The summed E-state index contributed by atoms with van der Waals surface area (Å²) in [6, 6.07) is 12.9. The van der Waals surface area contributed by atoms with Crippen LogP contribution in [-0.2, 0) is 6.54 Å². The van der Waals surface area contributed by atoms with Crippen molar-refractivity contribution in [1.29, 1.82) is 0 Å². The van der Waals surface area contributed by atoms with Crippen molar-refractivity contribution in [1.82, 2.24) is 15.0 Å². The number of methoxy groups -OCH3 is 2. The van der Waals surface area contributed by atoms with Gasteiger partial charge in [-0.1, -0.05) is 16.8 Å². The average molecular weight is 418 g/mol. The summed E-state index contributed by atoms with van der Waals surface area (Å²) in [5, 5.41) is 4.77. The Kier molecular flexibility index (Phi) is 7.32. The molecular weight excluding hydrogens is 394 g/mol. The molecule has 0 saturated heterocycles. The molecule has 0 bridgehead atoms. The number of ether oxygens (including phenoxy) is 3. The van der Waals surface area contributed by atoms with E-state index in [1.165, 1.54) is 0 Å². The van der Waals surface area contributed by atoms with Crippen molar-refractivity contribution in [2.24, 2.45) is 0 Å². The summed E-state index contributed by atoms with van der Waals surface area (Å²) in [5.74, 6) is 3.15. The summed E-state index contributed by atoms with van der Waals surface area (Å²) >= 11 is 5.87. The Labute approximate surface area is 175 Å². The zero-order valence-electron chi connectivity index (χ0n) is 16.7. The molecule has 3 rings (SSSR count). The van der Waals surface area contributed by atoms with Gasteiger partial charge in [-0.05, 0) is 55.9 Å². The summed E-state index contributed by atoms with van der Waals surface area (Å²) in [7, 11) is 5.19. The summed E-state index contributed by atoms with van der Waals surface area (Å²) in [6.07, 6.45) is 0.871. The first-order chi connectivity index (χ1) is 14.1. The fraction of sp³-hybridized carbons (Fsp3) is 0.333. The van der Waals surface area contributed by atoms with Gasteiger partial charge in [0.05, 0.1) is 27.4 Å². The highest BCUT2D eigenvalue weighted by molar-refractivity contribution is 6.30. The number of rotatable bonds is 10. The van der Waals surface area contributed by atoms with Crippen LogP contribution in [0.5, 0.6) is 17.2 Å². The second-order valence-corrected chi connectivity index (χ2v) is 6.91. The molecule has 8 heteroatoms. The van der Waals surface area contributed by atoms with E-state index < -0.39 is 0 Å². The predicted molar refractivity (Wildman–Crippen MR) is 111 cm³/mol. The zero-order valence-corrected chi connectivity index (χ0v) is 17.5. The van der Waals surface area contributed by atoms with E-state index in [4.69, 9.17) is 30.3 Å². The van der Waals surface area contributed by atoms with Crippen LogP contribution in [0.2, 0.25) is 5.02 Å². The van der Waals surface area contributed by atoms with E-state index in [0.29, 0.717) is 41.4 Å². The zero-order chi connectivity index (χ0) is 20.6. The second-order valence-electron chi connectivity index (χ2n) is 6.48. The third-order valence-corrected chi connectivity index (χ3v) is 4.53. The minimum atomic E-state index is 0.514. The lowest BCUT2D eigenvalue weighted by Gasteiger charge is -2.14. The lowest BCUT2D eigenvalue weighted by molar-refractivity contribution is 0.235. The first-order valence-electron chi connectivity index (χ1n) is 9.21. The number of halogens is 1. The van der Waals surface area contributed by atoms with Crippen LogP contribution in [0.3, 0.4) is 0 Å². The number of benzene rings is 2. The van der Waals surface area contributed by atoms with Crippen LogP contribution in [-0.4, -0.2) is 49.5 Å². The third-order valence-electron chi connectivity index (χ3n) is 4.28. The average Bonchev–Trinajstić information content (AvgIpc) is 3.20. The van der Waals surface area contributed by atoms with Gasteiger partial charge in [0.25, 0.3) is 0 Å². The highest BCUT2D eigenvalue weighted by Gasteiger charge is 2.13. The van der Waals surface area contributed by atoms with Crippen LogP contribution < -0.4 is 14.2 Å².